The minimum atomic E-state index is -0.266. The number of halogens is 2. The molecule has 1 N–H and O–H groups in total. The third-order valence-corrected chi connectivity index (χ3v) is 4.07. The van der Waals surface area contributed by atoms with Gasteiger partial charge >= 0.3 is 0 Å². The van der Waals surface area contributed by atoms with Crippen LogP contribution in [-0.2, 0) is 0 Å². The molecule has 1 saturated heterocycles. The van der Waals surface area contributed by atoms with Crippen LogP contribution in [0.2, 0.25) is 0 Å². The molecule has 1 unspecified atom stereocenters. The Labute approximate surface area is 125 Å². The standard InChI is InChI=1S/C11H22FN3S.HI/c1-3-10-9-15(7-8-16-10)11(13-2)14-6-4-5-12;/h10H,3-9H2,1-2H3,(H,13,14);1H. The van der Waals surface area contributed by atoms with E-state index in [1.165, 1.54) is 6.42 Å². The summed E-state index contributed by atoms with van der Waals surface area (Å²) in [6.07, 6.45) is 1.75. The van der Waals surface area contributed by atoms with Crippen molar-refractivity contribution in [1.82, 2.24) is 10.2 Å². The quantitative estimate of drug-likeness (QED) is 0.354. The van der Waals surface area contributed by atoms with E-state index >= 15 is 0 Å². The molecule has 1 fully saturated rings. The smallest absolute Gasteiger partial charge is 0.193 e. The molecule has 1 atom stereocenters. The zero-order valence-electron chi connectivity index (χ0n) is 10.6. The van der Waals surface area contributed by atoms with E-state index in [0.717, 1.165) is 24.8 Å². The fourth-order valence-corrected chi connectivity index (χ4v) is 2.94. The van der Waals surface area contributed by atoms with Gasteiger partial charge in [0.15, 0.2) is 5.96 Å². The Bertz CT molecular complexity index is 229. The molecule has 17 heavy (non-hydrogen) atoms. The molecule has 0 aliphatic carbocycles. The molecule has 0 spiro atoms. The van der Waals surface area contributed by atoms with Gasteiger partial charge in [-0.25, -0.2) is 0 Å². The number of rotatable bonds is 4. The van der Waals surface area contributed by atoms with E-state index in [2.05, 4.69) is 22.1 Å². The van der Waals surface area contributed by atoms with E-state index in [1.54, 1.807) is 7.05 Å². The SMILES string of the molecule is CCC1CN(C(=NC)NCCCF)CCS1.I. The molecule has 1 aliphatic heterocycles. The van der Waals surface area contributed by atoms with Crippen molar-refractivity contribution in [3.8, 4) is 0 Å². The van der Waals surface area contributed by atoms with Gasteiger partial charge in [0.1, 0.15) is 0 Å². The first-order chi connectivity index (χ1) is 7.81. The van der Waals surface area contributed by atoms with Gasteiger partial charge in [-0.3, -0.25) is 9.38 Å². The molecule has 3 nitrogen and oxygen atoms in total. The third kappa shape index (κ3) is 6.13. The van der Waals surface area contributed by atoms with Gasteiger partial charge in [0.2, 0.25) is 0 Å². The van der Waals surface area contributed by atoms with Gasteiger partial charge in [0, 0.05) is 37.7 Å². The summed E-state index contributed by atoms with van der Waals surface area (Å²) < 4.78 is 12.0. The lowest BCUT2D eigenvalue weighted by atomic mass is 10.3. The van der Waals surface area contributed by atoms with Crippen molar-refractivity contribution < 1.29 is 4.39 Å². The number of guanidine groups is 1. The first-order valence-corrected chi connectivity index (χ1v) is 6.99. The average Bonchev–Trinajstić information content (AvgIpc) is 2.35. The van der Waals surface area contributed by atoms with Crippen molar-refractivity contribution in [3.05, 3.63) is 0 Å². The Morgan fingerprint density at radius 1 is 1.59 bits per heavy atom. The van der Waals surface area contributed by atoms with Crippen LogP contribution in [0.3, 0.4) is 0 Å². The molecule has 0 bridgehead atoms. The maximum atomic E-state index is 12.0. The molecule has 0 radical (unpaired) electrons. The van der Waals surface area contributed by atoms with E-state index in [0.29, 0.717) is 18.2 Å². The van der Waals surface area contributed by atoms with E-state index < -0.39 is 0 Å². The zero-order valence-corrected chi connectivity index (χ0v) is 13.8. The summed E-state index contributed by atoms with van der Waals surface area (Å²) in [6, 6.07) is 0. The Kier molecular flexibility index (Phi) is 10.4. The van der Waals surface area contributed by atoms with Crippen molar-refractivity contribution in [3.63, 3.8) is 0 Å². The molecule has 0 aromatic carbocycles. The minimum Gasteiger partial charge on any atom is -0.356 e. The van der Waals surface area contributed by atoms with Crippen LogP contribution in [0.4, 0.5) is 4.39 Å². The maximum Gasteiger partial charge on any atom is 0.193 e. The molecule has 1 rings (SSSR count). The summed E-state index contributed by atoms with van der Waals surface area (Å²) in [5.41, 5.74) is 0. The number of nitrogens with one attached hydrogen (secondary N) is 1. The Hall–Kier alpha value is 0.280. The fraction of sp³-hybridized carbons (Fsp3) is 0.909. The molecule has 0 saturated carbocycles. The van der Waals surface area contributed by atoms with Gasteiger partial charge in [-0.15, -0.1) is 24.0 Å². The monoisotopic (exact) mass is 375 g/mol. The van der Waals surface area contributed by atoms with Gasteiger partial charge < -0.3 is 10.2 Å². The number of aliphatic imine (C=N–C) groups is 1. The highest BCUT2D eigenvalue weighted by atomic mass is 127. The van der Waals surface area contributed by atoms with Crippen LogP contribution in [0.5, 0.6) is 0 Å². The van der Waals surface area contributed by atoms with Crippen molar-refractivity contribution >= 4 is 41.7 Å². The number of hydrogen-bond donors (Lipinski definition) is 1. The summed E-state index contributed by atoms with van der Waals surface area (Å²) >= 11 is 2.04. The molecular formula is C11H23FIN3S. The van der Waals surface area contributed by atoms with Gasteiger partial charge in [0.05, 0.1) is 6.67 Å². The Balaban J connectivity index is 0.00000256. The molecule has 102 valence electrons. The van der Waals surface area contributed by atoms with Gasteiger partial charge in [-0.1, -0.05) is 6.92 Å². The summed E-state index contributed by atoms with van der Waals surface area (Å²) in [7, 11) is 1.79. The number of alkyl halides is 1. The minimum absolute atomic E-state index is 0. The lowest BCUT2D eigenvalue weighted by molar-refractivity contribution is 0.403. The lowest BCUT2D eigenvalue weighted by Gasteiger charge is -2.34. The number of nitrogens with zero attached hydrogens (tertiary/aromatic N) is 2. The van der Waals surface area contributed by atoms with E-state index in [9.17, 15) is 4.39 Å². The highest BCUT2D eigenvalue weighted by Crippen LogP contribution is 2.20. The normalized spacial score (nSPS) is 21.0. The van der Waals surface area contributed by atoms with Crippen molar-refractivity contribution in [2.45, 2.75) is 25.0 Å². The zero-order chi connectivity index (χ0) is 11.8. The molecule has 0 aromatic rings. The second kappa shape index (κ2) is 10.2. The van der Waals surface area contributed by atoms with Crippen LogP contribution in [0, 0.1) is 0 Å². The predicted molar refractivity (Wildman–Crippen MR) is 85.5 cm³/mol. The largest absolute Gasteiger partial charge is 0.356 e. The second-order valence-electron chi connectivity index (χ2n) is 3.86. The van der Waals surface area contributed by atoms with Gasteiger partial charge in [-0.2, -0.15) is 11.8 Å². The maximum absolute atomic E-state index is 12.0. The highest BCUT2D eigenvalue weighted by Gasteiger charge is 2.20. The van der Waals surface area contributed by atoms with Crippen LogP contribution in [0.15, 0.2) is 4.99 Å². The second-order valence-corrected chi connectivity index (χ2v) is 5.27. The van der Waals surface area contributed by atoms with E-state index in [-0.39, 0.29) is 30.7 Å². The first-order valence-electron chi connectivity index (χ1n) is 5.95. The van der Waals surface area contributed by atoms with Crippen molar-refractivity contribution in [2.24, 2.45) is 4.99 Å². The van der Waals surface area contributed by atoms with Crippen molar-refractivity contribution in [1.29, 1.82) is 0 Å². The van der Waals surface area contributed by atoms with Crippen LogP contribution >= 0.6 is 35.7 Å². The molecule has 1 aliphatic rings. The van der Waals surface area contributed by atoms with Crippen LogP contribution in [-0.4, -0.2) is 55.2 Å². The molecule has 6 heteroatoms. The summed E-state index contributed by atoms with van der Waals surface area (Å²) in [6.45, 7) is 4.72. The van der Waals surface area contributed by atoms with Crippen LogP contribution in [0.1, 0.15) is 19.8 Å². The van der Waals surface area contributed by atoms with Crippen LogP contribution < -0.4 is 5.32 Å². The summed E-state index contributed by atoms with van der Waals surface area (Å²) in [4.78, 5) is 6.53. The highest BCUT2D eigenvalue weighted by molar-refractivity contribution is 14.0. The van der Waals surface area contributed by atoms with Gasteiger partial charge in [-0.05, 0) is 12.8 Å². The van der Waals surface area contributed by atoms with Gasteiger partial charge in [0.25, 0.3) is 0 Å². The number of hydrogen-bond acceptors (Lipinski definition) is 2. The lowest BCUT2D eigenvalue weighted by Crippen LogP contribution is -2.48. The average molecular weight is 375 g/mol. The summed E-state index contributed by atoms with van der Waals surface area (Å²) in [5.74, 6) is 2.08. The van der Waals surface area contributed by atoms with Crippen LogP contribution in [0.25, 0.3) is 0 Å². The first kappa shape index (κ1) is 17.3. The topological polar surface area (TPSA) is 27.6 Å². The predicted octanol–water partition coefficient (Wildman–Crippen LogP) is 2.37. The summed E-state index contributed by atoms with van der Waals surface area (Å²) in [5, 5.41) is 3.91. The Morgan fingerprint density at radius 2 is 2.35 bits per heavy atom. The van der Waals surface area contributed by atoms with E-state index in [4.69, 9.17) is 0 Å². The molecule has 0 amide bonds. The van der Waals surface area contributed by atoms with Crippen molar-refractivity contribution in [2.75, 3.05) is 39.1 Å². The Morgan fingerprint density at radius 3 is 2.94 bits per heavy atom. The molecule has 1 heterocycles. The van der Waals surface area contributed by atoms with E-state index in [1.807, 2.05) is 11.8 Å². The number of thioether (sulfide) groups is 1. The fourth-order valence-electron chi connectivity index (χ4n) is 1.76. The third-order valence-electron chi connectivity index (χ3n) is 2.70. The molecule has 0 aromatic heterocycles. The molecular weight excluding hydrogens is 352 g/mol.